The summed E-state index contributed by atoms with van der Waals surface area (Å²) in [6, 6.07) is 8.80. The molecular formula is C10H13NO3S. The maximum absolute atomic E-state index is 11.5. The van der Waals surface area contributed by atoms with Gasteiger partial charge in [0, 0.05) is 18.5 Å². The number of carbonyl (C=O) groups is 1. The second kappa shape index (κ2) is 5.04. The van der Waals surface area contributed by atoms with Gasteiger partial charge in [-0.1, -0.05) is 30.3 Å². The Labute approximate surface area is 89.4 Å². The quantitative estimate of drug-likeness (QED) is 0.757. The fourth-order valence-corrected chi connectivity index (χ4v) is 1.59. The fraction of sp³-hybridized carbons (Fsp3) is 0.300. The van der Waals surface area contributed by atoms with E-state index in [0.29, 0.717) is 5.56 Å². The lowest BCUT2D eigenvalue weighted by molar-refractivity contribution is 0.0984. The van der Waals surface area contributed by atoms with Crippen LogP contribution in [0, 0.1) is 0 Å². The fourth-order valence-electron chi connectivity index (χ4n) is 1.12. The number of hydrogen-bond acceptors (Lipinski definition) is 3. The van der Waals surface area contributed by atoms with Gasteiger partial charge in [0.25, 0.3) is 0 Å². The molecule has 0 amide bonds. The van der Waals surface area contributed by atoms with Crippen molar-refractivity contribution in [3.63, 3.8) is 0 Å². The molecule has 4 nitrogen and oxygen atoms in total. The van der Waals surface area contributed by atoms with Crippen LogP contribution in [0.4, 0.5) is 0 Å². The van der Waals surface area contributed by atoms with E-state index >= 15 is 0 Å². The SMILES string of the molecule is CS(=O)(=O)NCCC(=O)c1ccccc1. The Hall–Kier alpha value is -1.20. The number of nitrogens with one attached hydrogen (secondary N) is 1. The van der Waals surface area contributed by atoms with Gasteiger partial charge in [-0.25, -0.2) is 13.1 Å². The molecule has 0 bridgehead atoms. The van der Waals surface area contributed by atoms with E-state index in [1.165, 1.54) is 0 Å². The summed E-state index contributed by atoms with van der Waals surface area (Å²) < 4.78 is 23.7. The maximum atomic E-state index is 11.5. The summed E-state index contributed by atoms with van der Waals surface area (Å²) in [6.07, 6.45) is 1.25. The maximum Gasteiger partial charge on any atom is 0.208 e. The van der Waals surface area contributed by atoms with E-state index in [1.54, 1.807) is 24.3 Å². The molecule has 5 heteroatoms. The van der Waals surface area contributed by atoms with Gasteiger partial charge in [-0.05, 0) is 0 Å². The zero-order valence-electron chi connectivity index (χ0n) is 8.43. The Bertz CT molecular complexity index is 425. The highest BCUT2D eigenvalue weighted by Gasteiger charge is 2.06. The predicted octanol–water partition coefficient (Wildman–Crippen LogP) is 0.809. The highest BCUT2D eigenvalue weighted by atomic mass is 32.2. The Balaban J connectivity index is 2.45. The van der Waals surface area contributed by atoms with E-state index in [9.17, 15) is 13.2 Å². The monoisotopic (exact) mass is 227 g/mol. The third kappa shape index (κ3) is 4.71. The van der Waals surface area contributed by atoms with Crippen molar-refractivity contribution in [3.05, 3.63) is 35.9 Å². The standard InChI is InChI=1S/C10H13NO3S/c1-15(13,14)11-8-7-10(12)9-5-3-2-4-6-9/h2-6,11H,7-8H2,1H3. The molecule has 82 valence electrons. The first kappa shape index (κ1) is 11.9. The van der Waals surface area contributed by atoms with Crippen LogP contribution in [0.1, 0.15) is 16.8 Å². The number of ketones is 1. The second-order valence-corrected chi connectivity index (χ2v) is 5.04. The summed E-state index contributed by atoms with van der Waals surface area (Å²) in [5.41, 5.74) is 0.604. The van der Waals surface area contributed by atoms with Crippen molar-refractivity contribution in [2.24, 2.45) is 0 Å². The first-order valence-electron chi connectivity index (χ1n) is 4.52. The summed E-state index contributed by atoms with van der Waals surface area (Å²) in [5.74, 6) is -0.0632. The molecule has 0 fully saturated rings. The number of carbonyl (C=O) groups excluding carboxylic acids is 1. The zero-order chi connectivity index (χ0) is 11.3. The largest absolute Gasteiger partial charge is 0.294 e. The summed E-state index contributed by atoms with van der Waals surface area (Å²) in [5, 5.41) is 0. The Morgan fingerprint density at radius 2 is 1.87 bits per heavy atom. The van der Waals surface area contributed by atoms with Crippen molar-refractivity contribution in [1.29, 1.82) is 0 Å². The van der Waals surface area contributed by atoms with Crippen LogP contribution in [0.3, 0.4) is 0 Å². The van der Waals surface area contributed by atoms with E-state index in [0.717, 1.165) is 6.26 Å². The molecular weight excluding hydrogens is 214 g/mol. The van der Waals surface area contributed by atoms with Crippen molar-refractivity contribution in [2.45, 2.75) is 6.42 Å². The van der Waals surface area contributed by atoms with Gasteiger partial charge in [0.2, 0.25) is 10.0 Å². The van der Waals surface area contributed by atoms with E-state index in [4.69, 9.17) is 0 Å². The van der Waals surface area contributed by atoms with E-state index < -0.39 is 10.0 Å². The van der Waals surface area contributed by atoms with Gasteiger partial charge in [-0.3, -0.25) is 4.79 Å². The van der Waals surface area contributed by atoms with Crippen molar-refractivity contribution in [3.8, 4) is 0 Å². The lowest BCUT2D eigenvalue weighted by Gasteiger charge is -2.01. The van der Waals surface area contributed by atoms with E-state index in [2.05, 4.69) is 4.72 Å². The summed E-state index contributed by atoms with van der Waals surface area (Å²) in [7, 11) is -3.20. The first-order chi connectivity index (χ1) is 6.99. The van der Waals surface area contributed by atoms with Crippen LogP contribution >= 0.6 is 0 Å². The number of rotatable bonds is 5. The molecule has 0 saturated carbocycles. The number of Topliss-reactive ketones (excluding diaryl/α,β-unsaturated/α-hetero) is 1. The average molecular weight is 227 g/mol. The third-order valence-corrected chi connectivity index (χ3v) is 2.54. The third-order valence-electron chi connectivity index (χ3n) is 1.81. The first-order valence-corrected chi connectivity index (χ1v) is 6.41. The van der Waals surface area contributed by atoms with Crippen molar-refractivity contribution >= 4 is 15.8 Å². The van der Waals surface area contributed by atoms with Crippen LogP contribution in [-0.2, 0) is 10.0 Å². The molecule has 1 rings (SSSR count). The van der Waals surface area contributed by atoms with E-state index in [1.807, 2.05) is 6.07 Å². The van der Waals surface area contributed by atoms with Gasteiger partial charge in [0.05, 0.1) is 6.26 Å². The van der Waals surface area contributed by atoms with Gasteiger partial charge in [-0.2, -0.15) is 0 Å². The average Bonchev–Trinajstić information content (AvgIpc) is 2.17. The lowest BCUT2D eigenvalue weighted by Crippen LogP contribution is -2.24. The molecule has 1 aromatic carbocycles. The molecule has 1 N–H and O–H groups in total. The molecule has 0 heterocycles. The molecule has 0 aromatic heterocycles. The molecule has 0 unspecified atom stereocenters. The van der Waals surface area contributed by atoms with Gasteiger partial charge >= 0.3 is 0 Å². The minimum Gasteiger partial charge on any atom is -0.294 e. The molecule has 0 aliphatic carbocycles. The van der Waals surface area contributed by atoms with Gasteiger partial charge in [-0.15, -0.1) is 0 Å². The Morgan fingerprint density at radius 3 is 2.40 bits per heavy atom. The molecule has 0 radical (unpaired) electrons. The molecule has 1 aromatic rings. The minimum atomic E-state index is -3.20. The molecule has 0 aliphatic rings. The summed E-state index contributed by atoms with van der Waals surface area (Å²) in [6.45, 7) is 0.145. The molecule has 0 saturated heterocycles. The molecule has 0 spiro atoms. The van der Waals surface area contributed by atoms with Crippen molar-refractivity contribution in [2.75, 3.05) is 12.8 Å². The number of sulfonamides is 1. The van der Waals surface area contributed by atoms with Gasteiger partial charge in [0.15, 0.2) is 5.78 Å². The summed E-state index contributed by atoms with van der Waals surface area (Å²) >= 11 is 0. The molecule has 0 atom stereocenters. The van der Waals surface area contributed by atoms with Crippen LogP contribution in [0.25, 0.3) is 0 Å². The van der Waals surface area contributed by atoms with Crippen molar-refractivity contribution < 1.29 is 13.2 Å². The molecule has 15 heavy (non-hydrogen) atoms. The number of hydrogen-bond donors (Lipinski definition) is 1. The normalized spacial score (nSPS) is 11.3. The number of benzene rings is 1. The van der Waals surface area contributed by atoms with Crippen LogP contribution in [0.15, 0.2) is 30.3 Å². The topological polar surface area (TPSA) is 63.2 Å². The van der Waals surface area contributed by atoms with Crippen LogP contribution < -0.4 is 4.72 Å². The Kier molecular flexibility index (Phi) is 3.99. The van der Waals surface area contributed by atoms with Gasteiger partial charge in [0.1, 0.15) is 0 Å². The van der Waals surface area contributed by atoms with Crippen molar-refractivity contribution in [1.82, 2.24) is 4.72 Å². The zero-order valence-corrected chi connectivity index (χ0v) is 9.25. The highest BCUT2D eigenvalue weighted by Crippen LogP contribution is 2.02. The Morgan fingerprint density at radius 1 is 1.27 bits per heavy atom. The predicted molar refractivity (Wildman–Crippen MR) is 58.2 cm³/mol. The highest BCUT2D eigenvalue weighted by molar-refractivity contribution is 7.88. The molecule has 0 aliphatic heterocycles. The van der Waals surface area contributed by atoms with Crippen LogP contribution in [0.5, 0.6) is 0 Å². The summed E-state index contributed by atoms with van der Waals surface area (Å²) in [4.78, 5) is 11.5. The van der Waals surface area contributed by atoms with Gasteiger partial charge < -0.3 is 0 Å². The van der Waals surface area contributed by atoms with E-state index in [-0.39, 0.29) is 18.7 Å². The lowest BCUT2D eigenvalue weighted by atomic mass is 10.1. The smallest absolute Gasteiger partial charge is 0.208 e. The second-order valence-electron chi connectivity index (χ2n) is 3.21. The van der Waals surface area contributed by atoms with Crippen LogP contribution in [-0.4, -0.2) is 27.0 Å². The van der Waals surface area contributed by atoms with Crippen LogP contribution in [0.2, 0.25) is 0 Å². The minimum absolute atomic E-state index is 0.0632.